The van der Waals surface area contributed by atoms with Crippen LogP contribution in [-0.4, -0.2) is 28.9 Å². The zero-order chi connectivity index (χ0) is 22.2. The Kier molecular flexibility index (Phi) is 5.09. The standard InChI is InChI=1S/C25H23NO6/c1-15-12-22-24(25(29)26(15)9-8-16-2-5-18(27)6-3-16)19(14-23(28)32-22)17-4-7-20-21(13-17)31-11-10-30-20/h2-7,12-13,19,27H,8-11,14H2,1H3/t19-/m1/s1. The van der Waals surface area contributed by atoms with Gasteiger partial charge in [0.05, 0.1) is 12.0 Å². The second-order valence-electron chi connectivity index (χ2n) is 8.07. The molecule has 0 aliphatic carbocycles. The van der Waals surface area contributed by atoms with Gasteiger partial charge in [0.1, 0.15) is 24.7 Å². The first-order valence-electron chi connectivity index (χ1n) is 10.6. The summed E-state index contributed by atoms with van der Waals surface area (Å²) in [5, 5.41) is 9.48. The highest BCUT2D eigenvalue weighted by Crippen LogP contribution is 2.40. The first-order valence-corrected chi connectivity index (χ1v) is 10.6. The van der Waals surface area contributed by atoms with Crippen molar-refractivity contribution in [1.82, 2.24) is 4.57 Å². The van der Waals surface area contributed by atoms with E-state index in [2.05, 4.69) is 0 Å². The van der Waals surface area contributed by atoms with Crippen LogP contribution >= 0.6 is 0 Å². The number of pyridine rings is 1. The highest BCUT2D eigenvalue weighted by atomic mass is 16.6. The normalized spacial score (nSPS) is 16.9. The number of benzene rings is 2. The van der Waals surface area contributed by atoms with E-state index in [0.29, 0.717) is 49.0 Å². The van der Waals surface area contributed by atoms with Crippen molar-refractivity contribution in [3.05, 3.63) is 81.3 Å². The minimum Gasteiger partial charge on any atom is -0.508 e. The fourth-order valence-corrected chi connectivity index (χ4v) is 4.34. The molecule has 2 aliphatic rings. The molecule has 1 N–H and O–H groups in total. The molecule has 3 aromatic rings. The van der Waals surface area contributed by atoms with Gasteiger partial charge in [-0.15, -0.1) is 0 Å². The van der Waals surface area contributed by atoms with Crippen LogP contribution in [-0.2, 0) is 17.8 Å². The van der Waals surface area contributed by atoms with Crippen molar-refractivity contribution in [2.75, 3.05) is 13.2 Å². The molecule has 3 heterocycles. The first-order chi connectivity index (χ1) is 15.5. The summed E-state index contributed by atoms with van der Waals surface area (Å²) >= 11 is 0. The topological polar surface area (TPSA) is 87.0 Å². The van der Waals surface area contributed by atoms with Crippen LogP contribution in [0.2, 0.25) is 0 Å². The molecule has 1 atom stereocenters. The summed E-state index contributed by atoms with van der Waals surface area (Å²) in [6, 6.07) is 14.3. The molecule has 32 heavy (non-hydrogen) atoms. The maximum atomic E-state index is 13.6. The van der Waals surface area contributed by atoms with Gasteiger partial charge in [-0.3, -0.25) is 9.59 Å². The summed E-state index contributed by atoms with van der Waals surface area (Å²) in [7, 11) is 0. The molecule has 7 nitrogen and oxygen atoms in total. The number of aromatic nitrogens is 1. The molecule has 0 amide bonds. The van der Waals surface area contributed by atoms with Gasteiger partial charge in [-0.2, -0.15) is 0 Å². The number of carbonyl (C=O) groups is 1. The van der Waals surface area contributed by atoms with Gasteiger partial charge >= 0.3 is 5.97 Å². The van der Waals surface area contributed by atoms with Crippen LogP contribution < -0.4 is 19.8 Å². The summed E-state index contributed by atoms with van der Waals surface area (Å²) in [4.78, 5) is 25.9. The molecule has 0 spiro atoms. The number of hydrogen-bond acceptors (Lipinski definition) is 6. The van der Waals surface area contributed by atoms with Gasteiger partial charge in [0.25, 0.3) is 5.56 Å². The van der Waals surface area contributed by atoms with Crippen molar-refractivity contribution in [3.63, 3.8) is 0 Å². The lowest BCUT2D eigenvalue weighted by atomic mass is 9.86. The minimum atomic E-state index is -0.421. The van der Waals surface area contributed by atoms with Crippen molar-refractivity contribution >= 4 is 5.97 Å². The average molecular weight is 433 g/mol. The summed E-state index contributed by atoms with van der Waals surface area (Å²) in [5.74, 6) is 1.03. The zero-order valence-corrected chi connectivity index (χ0v) is 17.7. The van der Waals surface area contributed by atoms with Crippen molar-refractivity contribution in [3.8, 4) is 23.0 Å². The van der Waals surface area contributed by atoms with E-state index in [1.165, 1.54) is 0 Å². The van der Waals surface area contributed by atoms with E-state index in [4.69, 9.17) is 14.2 Å². The zero-order valence-electron chi connectivity index (χ0n) is 17.7. The van der Waals surface area contributed by atoms with Crippen molar-refractivity contribution in [2.24, 2.45) is 0 Å². The van der Waals surface area contributed by atoms with E-state index in [1.807, 2.05) is 37.3 Å². The summed E-state index contributed by atoms with van der Waals surface area (Å²) in [6.07, 6.45) is 0.719. The maximum absolute atomic E-state index is 13.6. The van der Waals surface area contributed by atoms with Crippen molar-refractivity contribution in [2.45, 2.75) is 32.2 Å². The number of phenolic OH excluding ortho intramolecular Hbond substituents is 1. The van der Waals surface area contributed by atoms with Gasteiger partial charge in [0, 0.05) is 24.2 Å². The Bertz CT molecular complexity index is 1240. The Hall–Kier alpha value is -3.74. The van der Waals surface area contributed by atoms with Crippen LogP contribution in [0.15, 0.2) is 53.3 Å². The van der Waals surface area contributed by atoms with Gasteiger partial charge in [-0.1, -0.05) is 18.2 Å². The predicted molar refractivity (Wildman–Crippen MR) is 117 cm³/mol. The highest BCUT2D eigenvalue weighted by molar-refractivity contribution is 5.77. The molecule has 7 heteroatoms. The number of esters is 1. The van der Waals surface area contributed by atoms with E-state index >= 15 is 0 Å². The third-order valence-corrected chi connectivity index (χ3v) is 5.98. The largest absolute Gasteiger partial charge is 0.508 e. The Morgan fingerprint density at radius 1 is 0.969 bits per heavy atom. The molecule has 0 bridgehead atoms. The molecule has 0 unspecified atom stereocenters. The lowest BCUT2D eigenvalue weighted by Crippen LogP contribution is -2.33. The molecule has 2 aromatic carbocycles. The van der Waals surface area contributed by atoms with Crippen LogP contribution in [0, 0.1) is 6.92 Å². The monoisotopic (exact) mass is 433 g/mol. The molecule has 0 saturated carbocycles. The van der Waals surface area contributed by atoms with Crippen molar-refractivity contribution in [1.29, 1.82) is 0 Å². The Labute approximate surface area is 184 Å². The van der Waals surface area contributed by atoms with Gasteiger partial charge in [0.15, 0.2) is 11.5 Å². The quantitative estimate of drug-likeness (QED) is 0.636. The molecular formula is C25H23NO6. The molecular weight excluding hydrogens is 410 g/mol. The number of nitrogens with zero attached hydrogens (tertiary/aromatic N) is 1. The number of aromatic hydroxyl groups is 1. The van der Waals surface area contributed by atoms with Crippen LogP contribution in [0.3, 0.4) is 0 Å². The number of rotatable bonds is 4. The number of ether oxygens (including phenoxy) is 3. The van der Waals surface area contributed by atoms with Crippen LogP contribution in [0.5, 0.6) is 23.0 Å². The number of carbonyl (C=O) groups excluding carboxylic acids is 1. The van der Waals surface area contributed by atoms with E-state index in [9.17, 15) is 14.7 Å². The van der Waals surface area contributed by atoms with Crippen molar-refractivity contribution < 1.29 is 24.1 Å². The van der Waals surface area contributed by atoms with E-state index in [1.54, 1.807) is 22.8 Å². The highest BCUT2D eigenvalue weighted by Gasteiger charge is 2.33. The molecule has 0 fully saturated rings. The van der Waals surface area contributed by atoms with Gasteiger partial charge in [0.2, 0.25) is 0 Å². The second-order valence-corrected chi connectivity index (χ2v) is 8.07. The predicted octanol–water partition coefficient (Wildman–Crippen LogP) is 3.32. The Morgan fingerprint density at radius 2 is 1.72 bits per heavy atom. The van der Waals surface area contributed by atoms with Gasteiger partial charge in [-0.25, -0.2) is 0 Å². The Balaban J connectivity index is 1.53. The fourth-order valence-electron chi connectivity index (χ4n) is 4.34. The Morgan fingerprint density at radius 3 is 2.50 bits per heavy atom. The molecule has 0 radical (unpaired) electrons. The van der Waals surface area contributed by atoms with Gasteiger partial charge in [-0.05, 0) is 48.7 Å². The SMILES string of the molecule is Cc1cc2c(c(=O)n1CCc1ccc(O)cc1)[C@@H](c1ccc3c(c1)OCCO3)CC(=O)O2. The number of fused-ring (bicyclic) bond motifs is 2. The third-order valence-electron chi connectivity index (χ3n) is 5.98. The molecule has 0 saturated heterocycles. The number of phenols is 1. The van der Waals surface area contributed by atoms with Gasteiger partial charge < -0.3 is 23.9 Å². The molecule has 5 rings (SSSR count). The number of hydrogen-bond donors (Lipinski definition) is 1. The summed E-state index contributed by atoms with van der Waals surface area (Å²) in [6.45, 7) is 3.27. The van der Waals surface area contributed by atoms with E-state index in [0.717, 1.165) is 16.8 Å². The summed E-state index contributed by atoms with van der Waals surface area (Å²) < 4.78 is 18.5. The van der Waals surface area contributed by atoms with E-state index < -0.39 is 5.92 Å². The molecule has 2 aliphatic heterocycles. The van der Waals surface area contributed by atoms with Crippen LogP contribution in [0.1, 0.15) is 34.7 Å². The second kappa shape index (κ2) is 8.07. The number of aryl methyl sites for hydroxylation is 2. The average Bonchev–Trinajstić information content (AvgIpc) is 2.79. The first kappa shape index (κ1) is 20.2. The molecule has 164 valence electrons. The van der Waals surface area contributed by atoms with Crippen LogP contribution in [0.25, 0.3) is 0 Å². The molecule has 1 aromatic heterocycles. The lowest BCUT2D eigenvalue weighted by molar-refractivity contribution is -0.135. The lowest BCUT2D eigenvalue weighted by Gasteiger charge is -2.27. The fraction of sp³-hybridized carbons (Fsp3) is 0.280. The van der Waals surface area contributed by atoms with Crippen LogP contribution in [0.4, 0.5) is 0 Å². The van der Waals surface area contributed by atoms with E-state index in [-0.39, 0.29) is 23.7 Å². The minimum absolute atomic E-state index is 0.0862. The third kappa shape index (κ3) is 3.70. The smallest absolute Gasteiger partial charge is 0.312 e. The summed E-state index contributed by atoms with van der Waals surface area (Å²) in [5.41, 5.74) is 2.88. The maximum Gasteiger partial charge on any atom is 0.312 e.